The monoisotopic (exact) mass is 534 g/mol. The minimum atomic E-state index is -0.598. The van der Waals surface area contributed by atoms with Gasteiger partial charge in [-0.2, -0.15) is 0 Å². The van der Waals surface area contributed by atoms with Crippen LogP contribution in [0.1, 0.15) is 23.7 Å². The van der Waals surface area contributed by atoms with Gasteiger partial charge in [-0.3, -0.25) is 14.9 Å². The van der Waals surface area contributed by atoms with Crippen LogP contribution in [0.4, 0.5) is 21.7 Å². The van der Waals surface area contributed by atoms with Crippen LogP contribution in [0.5, 0.6) is 0 Å². The van der Waals surface area contributed by atoms with Crippen molar-refractivity contribution in [3.8, 4) is 11.1 Å². The summed E-state index contributed by atoms with van der Waals surface area (Å²) < 4.78 is 17.0. The third-order valence-corrected chi connectivity index (χ3v) is 5.49. The SMILES string of the molecule is C[C@H](CO)NC(=O)c1cn(CCCNc2ccc([N+](=O)[O-])c(N)n2)cc1-c1ccc(Br)cc1F. The number of pyridine rings is 1. The number of nitrogens with zero attached hydrogens (tertiary/aromatic N) is 3. The number of nitro groups is 1. The Bertz CT molecular complexity index is 1200. The number of nitrogens with two attached hydrogens (primary N) is 1. The van der Waals surface area contributed by atoms with Gasteiger partial charge in [0.05, 0.1) is 17.1 Å². The van der Waals surface area contributed by atoms with Gasteiger partial charge in [-0.1, -0.05) is 22.0 Å². The predicted molar refractivity (Wildman–Crippen MR) is 130 cm³/mol. The minimum absolute atomic E-state index is 0.172. The zero-order valence-corrected chi connectivity index (χ0v) is 19.9. The van der Waals surface area contributed by atoms with E-state index in [2.05, 4.69) is 31.5 Å². The second-order valence-corrected chi connectivity index (χ2v) is 8.56. The topological polar surface area (TPSA) is 148 Å². The molecule has 12 heteroatoms. The number of rotatable bonds is 10. The summed E-state index contributed by atoms with van der Waals surface area (Å²) in [5, 5.41) is 25.8. The van der Waals surface area contributed by atoms with Crippen molar-refractivity contribution < 1.29 is 19.2 Å². The molecule has 3 aromatic rings. The van der Waals surface area contributed by atoms with Gasteiger partial charge in [-0.25, -0.2) is 9.37 Å². The van der Waals surface area contributed by atoms with Crippen molar-refractivity contribution in [3.05, 3.63) is 68.7 Å². The number of amides is 1. The molecule has 2 heterocycles. The molecule has 0 aliphatic rings. The number of benzene rings is 1. The van der Waals surface area contributed by atoms with E-state index in [4.69, 9.17) is 5.73 Å². The fraction of sp³-hybridized carbons (Fsp3) is 0.273. The van der Waals surface area contributed by atoms with Crippen LogP contribution in [0.2, 0.25) is 0 Å². The lowest BCUT2D eigenvalue weighted by atomic mass is 10.0. The summed E-state index contributed by atoms with van der Waals surface area (Å²) in [5.74, 6) is -0.651. The molecular weight excluding hydrogens is 511 g/mol. The number of halogens is 2. The summed E-state index contributed by atoms with van der Waals surface area (Å²) in [6.45, 7) is 2.43. The van der Waals surface area contributed by atoms with Gasteiger partial charge in [0.15, 0.2) is 0 Å². The number of hydrogen-bond acceptors (Lipinski definition) is 7. The largest absolute Gasteiger partial charge is 0.394 e. The Kier molecular flexibility index (Phi) is 8.18. The summed E-state index contributed by atoms with van der Waals surface area (Å²) in [6, 6.07) is 6.93. The molecule has 1 amide bonds. The molecule has 2 aromatic heterocycles. The molecule has 0 fully saturated rings. The maximum atomic E-state index is 14.6. The average Bonchev–Trinajstić information content (AvgIpc) is 3.20. The number of carbonyl (C=O) groups excluding carboxylic acids is 1. The van der Waals surface area contributed by atoms with Crippen LogP contribution in [-0.2, 0) is 6.54 Å². The Labute approximate surface area is 203 Å². The Morgan fingerprint density at radius 1 is 1.32 bits per heavy atom. The maximum absolute atomic E-state index is 14.6. The van der Waals surface area contributed by atoms with Gasteiger partial charge in [0.2, 0.25) is 5.82 Å². The second-order valence-electron chi connectivity index (χ2n) is 7.64. The van der Waals surface area contributed by atoms with Gasteiger partial charge >= 0.3 is 5.69 Å². The van der Waals surface area contributed by atoms with E-state index < -0.39 is 22.7 Å². The van der Waals surface area contributed by atoms with Crippen LogP contribution in [-0.4, -0.2) is 44.7 Å². The van der Waals surface area contributed by atoms with Crippen molar-refractivity contribution in [2.45, 2.75) is 25.9 Å². The molecule has 0 spiro atoms. The summed E-state index contributed by atoms with van der Waals surface area (Å²) in [7, 11) is 0. The van der Waals surface area contributed by atoms with E-state index in [0.29, 0.717) is 40.9 Å². The predicted octanol–water partition coefficient (Wildman–Crippen LogP) is 3.55. The highest BCUT2D eigenvalue weighted by Gasteiger charge is 2.20. The Morgan fingerprint density at radius 2 is 2.09 bits per heavy atom. The fourth-order valence-corrected chi connectivity index (χ4v) is 3.62. The molecule has 0 aliphatic heterocycles. The lowest BCUT2D eigenvalue weighted by Crippen LogP contribution is -2.35. The van der Waals surface area contributed by atoms with Gasteiger partial charge in [0, 0.05) is 53.2 Å². The van der Waals surface area contributed by atoms with Crippen LogP contribution in [0.15, 0.2) is 47.2 Å². The molecular formula is C22H24BrFN6O4. The van der Waals surface area contributed by atoms with Crippen LogP contribution >= 0.6 is 15.9 Å². The molecule has 0 saturated heterocycles. The fourth-order valence-electron chi connectivity index (χ4n) is 3.29. The van der Waals surface area contributed by atoms with Crippen LogP contribution in [0.25, 0.3) is 11.1 Å². The van der Waals surface area contributed by atoms with Crippen molar-refractivity contribution in [1.29, 1.82) is 0 Å². The number of hydrogen-bond donors (Lipinski definition) is 4. The van der Waals surface area contributed by atoms with Crippen molar-refractivity contribution in [2.75, 3.05) is 24.2 Å². The lowest BCUT2D eigenvalue weighted by Gasteiger charge is -2.11. The van der Waals surface area contributed by atoms with E-state index in [-0.39, 0.29) is 23.7 Å². The van der Waals surface area contributed by atoms with E-state index >= 15 is 0 Å². The number of aromatic nitrogens is 2. The molecule has 1 atom stereocenters. The van der Waals surface area contributed by atoms with Crippen molar-refractivity contribution in [3.63, 3.8) is 0 Å². The van der Waals surface area contributed by atoms with E-state index in [0.717, 1.165) is 0 Å². The molecule has 3 rings (SSSR count). The summed E-state index contributed by atoms with van der Waals surface area (Å²) in [5.41, 5.74) is 6.36. The molecule has 0 saturated carbocycles. The Morgan fingerprint density at radius 3 is 2.74 bits per heavy atom. The van der Waals surface area contributed by atoms with Crippen molar-refractivity contribution in [2.24, 2.45) is 0 Å². The molecule has 180 valence electrons. The molecule has 10 nitrogen and oxygen atoms in total. The highest BCUT2D eigenvalue weighted by molar-refractivity contribution is 9.10. The number of carbonyl (C=O) groups is 1. The highest BCUT2D eigenvalue weighted by atomic mass is 79.9. The first-order chi connectivity index (χ1) is 16.2. The molecule has 34 heavy (non-hydrogen) atoms. The zero-order valence-electron chi connectivity index (χ0n) is 18.3. The highest BCUT2D eigenvalue weighted by Crippen LogP contribution is 2.30. The first-order valence-electron chi connectivity index (χ1n) is 10.4. The molecule has 0 unspecified atom stereocenters. The molecule has 5 N–H and O–H groups in total. The summed E-state index contributed by atoms with van der Waals surface area (Å²) in [4.78, 5) is 27.0. The summed E-state index contributed by atoms with van der Waals surface area (Å²) in [6.07, 6.45) is 3.95. The standard InChI is InChI=1S/C22H24BrFN6O4/c1-13(12-31)27-22(32)17-11-29(10-16(17)15-4-3-14(23)9-18(15)24)8-2-7-26-20-6-5-19(30(33)34)21(25)28-20/h3-6,9-11,13,31H,2,7-8,12H2,1H3,(H,27,32)(H3,25,26,28)/t13-/m1/s1. The number of nitrogens with one attached hydrogen (secondary N) is 2. The number of nitrogen functional groups attached to an aromatic ring is 1. The quantitative estimate of drug-likeness (QED) is 0.176. The lowest BCUT2D eigenvalue weighted by molar-refractivity contribution is -0.384. The Hall–Kier alpha value is -3.51. The van der Waals surface area contributed by atoms with Crippen LogP contribution < -0.4 is 16.4 Å². The number of anilines is 2. The van der Waals surface area contributed by atoms with Crippen molar-refractivity contribution in [1.82, 2.24) is 14.9 Å². The number of aryl methyl sites for hydroxylation is 1. The first kappa shape index (κ1) is 25.1. The molecule has 1 aromatic carbocycles. The number of aliphatic hydroxyl groups excluding tert-OH is 1. The summed E-state index contributed by atoms with van der Waals surface area (Å²) >= 11 is 3.23. The molecule has 0 bridgehead atoms. The van der Waals surface area contributed by atoms with Crippen LogP contribution in [0.3, 0.4) is 0 Å². The molecule has 0 aliphatic carbocycles. The maximum Gasteiger partial charge on any atom is 0.311 e. The minimum Gasteiger partial charge on any atom is -0.394 e. The van der Waals surface area contributed by atoms with Gasteiger partial charge in [-0.05, 0) is 31.5 Å². The van der Waals surface area contributed by atoms with Gasteiger partial charge in [0.25, 0.3) is 5.91 Å². The van der Waals surface area contributed by atoms with Crippen LogP contribution in [0, 0.1) is 15.9 Å². The average molecular weight is 535 g/mol. The van der Waals surface area contributed by atoms with Gasteiger partial charge in [-0.15, -0.1) is 0 Å². The van der Waals surface area contributed by atoms with Gasteiger partial charge < -0.3 is 26.0 Å². The van der Waals surface area contributed by atoms with E-state index in [9.17, 15) is 24.4 Å². The normalized spacial score (nSPS) is 11.8. The second kappa shape index (κ2) is 11.1. The third-order valence-electron chi connectivity index (χ3n) is 5.00. The smallest absolute Gasteiger partial charge is 0.311 e. The zero-order chi connectivity index (χ0) is 24.8. The van der Waals surface area contributed by atoms with E-state index in [1.165, 1.54) is 18.2 Å². The van der Waals surface area contributed by atoms with Gasteiger partial charge in [0.1, 0.15) is 11.6 Å². The van der Waals surface area contributed by atoms with E-state index in [1.807, 2.05) is 0 Å². The third kappa shape index (κ3) is 6.08. The Balaban J connectivity index is 1.73. The molecule has 0 radical (unpaired) electrons. The van der Waals surface area contributed by atoms with E-state index in [1.54, 1.807) is 36.0 Å². The number of aliphatic hydroxyl groups is 1. The van der Waals surface area contributed by atoms with Crippen molar-refractivity contribution >= 4 is 39.2 Å². The first-order valence-corrected chi connectivity index (χ1v) is 11.2.